The summed E-state index contributed by atoms with van der Waals surface area (Å²) >= 11 is 0. The molecule has 23 heavy (non-hydrogen) atoms. The first-order valence-electron chi connectivity index (χ1n) is 7.37. The van der Waals surface area contributed by atoms with Crippen molar-refractivity contribution in [2.24, 2.45) is 10.7 Å². The fourth-order valence-corrected chi connectivity index (χ4v) is 2.64. The second kappa shape index (κ2) is 6.06. The van der Waals surface area contributed by atoms with Crippen molar-refractivity contribution in [2.45, 2.75) is 44.8 Å². The molecule has 0 radical (unpaired) electrons. The van der Waals surface area contributed by atoms with E-state index in [1.807, 2.05) is 6.92 Å². The van der Waals surface area contributed by atoms with Crippen molar-refractivity contribution in [3.8, 4) is 0 Å². The number of ether oxygens (including phenoxy) is 2. The van der Waals surface area contributed by atoms with Gasteiger partial charge < -0.3 is 20.9 Å². The fraction of sp³-hybridized carbons (Fsp3) is 0.500. The summed E-state index contributed by atoms with van der Waals surface area (Å²) in [5, 5.41) is 0. The molecule has 6 nitrogen and oxygen atoms in total. The van der Waals surface area contributed by atoms with Crippen molar-refractivity contribution in [3.05, 3.63) is 29.6 Å². The maximum absolute atomic E-state index is 14.2. The van der Waals surface area contributed by atoms with Crippen LogP contribution >= 0.6 is 0 Å². The molecular weight excluding hydrogens is 301 g/mol. The Hall–Kier alpha value is -2.31. The van der Waals surface area contributed by atoms with Gasteiger partial charge in [-0.25, -0.2) is 14.2 Å². The third-order valence-electron chi connectivity index (χ3n) is 3.75. The Morgan fingerprint density at radius 3 is 2.87 bits per heavy atom. The average Bonchev–Trinajstić information content (AvgIpc) is 2.39. The Morgan fingerprint density at radius 2 is 2.22 bits per heavy atom. The van der Waals surface area contributed by atoms with Crippen LogP contribution in [-0.2, 0) is 15.0 Å². The lowest BCUT2D eigenvalue weighted by Gasteiger charge is -2.33. The van der Waals surface area contributed by atoms with Crippen molar-refractivity contribution in [1.29, 1.82) is 0 Å². The number of aliphatic imine (C=N–C) groups is 1. The molecule has 4 N–H and O–H groups in total. The van der Waals surface area contributed by atoms with Gasteiger partial charge in [0.15, 0.2) is 5.90 Å². The topological polar surface area (TPSA) is 99.9 Å². The molecule has 126 valence electrons. The standard InChI is InChI=1S/C16H22FN3O3/c1-15(2,23-14(19)21)9-13-20-16(3,6-7-22-13)11-8-10(18)4-5-12(11)17/h4-5,8H,6-7,9,18H2,1-3H3,(H2,19,21)/t16-/m0/s1. The van der Waals surface area contributed by atoms with Crippen molar-refractivity contribution in [3.63, 3.8) is 0 Å². The number of hydrogen-bond donors (Lipinski definition) is 2. The summed E-state index contributed by atoms with van der Waals surface area (Å²) < 4.78 is 24.8. The number of hydrogen-bond acceptors (Lipinski definition) is 5. The molecule has 0 bridgehead atoms. The second-order valence-electron chi connectivity index (χ2n) is 6.47. The molecule has 1 aliphatic rings. The van der Waals surface area contributed by atoms with Crippen LogP contribution in [0, 0.1) is 5.82 Å². The first-order chi connectivity index (χ1) is 10.6. The zero-order valence-electron chi connectivity index (χ0n) is 13.6. The van der Waals surface area contributed by atoms with Crippen LogP contribution in [0.5, 0.6) is 0 Å². The van der Waals surface area contributed by atoms with E-state index in [1.165, 1.54) is 12.1 Å². The number of rotatable bonds is 4. The number of anilines is 1. The van der Waals surface area contributed by atoms with Gasteiger partial charge in [-0.05, 0) is 39.0 Å². The van der Waals surface area contributed by atoms with E-state index in [0.29, 0.717) is 30.2 Å². The molecule has 0 aromatic heterocycles. The van der Waals surface area contributed by atoms with Crippen molar-refractivity contribution < 1.29 is 18.7 Å². The van der Waals surface area contributed by atoms with E-state index in [-0.39, 0.29) is 12.2 Å². The van der Waals surface area contributed by atoms with Crippen LogP contribution in [0.3, 0.4) is 0 Å². The number of nitrogen functional groups attached to an aromatic ring is 1. The summed E-state index contributed by atoms with van der Waals surface area (Å²) in [4.78, 5) is 15.5. The van der Waals surface area contributed by atoms with E-state index in [1.54, 1.807) is 19.9 Å². The minimum absolute atomic E-state index is 0.246. The van der Waals surface area contributed by atoms with Gasteiger partial charge in [0.05, 0.1) is 18.6 Å². The molecule has 2 rings (SSSR count). The highest BCUT2D eigenvalue weighted by Gasteiger charge is 2.35. The highest BCUT2D eigenvalue weighted by Crippen LogP contribution is 2.36. The van der Waals surface area contributed by atoms with Gasteiger partial charge in [0, 0.05) is 17.7 Å². The summed E-state index contributed by atoms with van der Waals surface area (Å²) in [6.07, 6.45) is -0.0975. The second-order valence-corrected chi connectivity index (χ2v) is 6.47. The number of amides is 1. The van der Waals surface area contributed by atoms with Gasteiger partial charge >= 0.3 is 6.09 Å². The first kappa shape index (κ1) is 17.1. The number of benzene rings is 1. The molecule has 1 aromatic rings. The number of nitrogens with zero attached hydrogens (tertiary/aromatic N) is 1. The van der Waals surface area contributed by atoms with E-state index in [0.717, 1.165) is 0 Å². The highest BCUT2D eigenvalue weighted by atomic mass is 19.1. The Morgan fingerprint density at radius 1 is 1.52 bits per heavy atom. The van der Waals surface area contributed by atoms with Gasteiger partial charge in [0.1, 0.15) is 11.4 Å². The molecule has 0 fully saturated rings. The lowest BCUT2D eigenvalue weighted by Crippen LogP contribution is -2.37. The van der Waals surface area contributed by atoms with Crippen molar-refractivity contribution >= 4 is 17.7 Å². The molecule has 7 heteroatoms. The van der Waals surface area contributed by atoms with Crippen LogP contribution in [-0.4, -0.2) is 24.2 Å². The molecule has 1 amide bonds. The smallest absolute Gasteiger partial charge is 0.405 e. The minimum Gasteiger partial charge on any atom is -0.481 e. The number of carbonyl (C=O) groups is 1. The fourth-order valence-electron chi connectivity index (χ4n) is 2.64. The Bertz CT molecular complexity index is 645. The summed E-state index contributed by atoms with van der Waals surface area (Å²) in [6.45, 7) is 5.62. The largest absolute Gasteiger partial charge is 0.481 e. The van der Waals surface area contributed by atoms with E-state index < -0.39 is 17.2 Å². The maximum Gasteiger partial charge on any atom is 0.405 e. The normalized spacial score (nSPS) is 21.3. The number of halogens is 1. The van der Waals surface area contributed by atoms with Crippen LogP contribution in [0.1, 0.15) is 39.2 Å². The molecule has 0 spiro atoms. The zero-order chi connectivity index (χ0) is 17.3. The molecular formula is C16H22FN3O3. The third-order valence-corrected chi connectivity index (χ3v) is 3.75. The van der Waals surface area contributed by atoms with Crippen LogP contribution in [0.2, 0.25) is 0 Å². The van der Waals surface area contributed by atoms with Gasteiger partial charge in [0.25, 0.3) is 0 Å². The van der Waals surface area contributed by atoms with E-state index in [4.69, 9.17) is 20.9 Å². The molecule has 0 saturated carbocycles. The van der Waals surface area contributed by atoms with Gasteiger partial charge in [-0.3, -0.25) is 0 Å². The minimum atomic E-state index is -0.865. The first-order valence-corrected chi connectivity index (χ1v) is 7.37. The van der Waals surface area contributed by atoms with Crippen LogP contribution in [0.25, 0.3) is 0 Å². The van der Waals surface area contributed by atoms with Crippen LogP contribution < -0.4 is 11.5 Å². The maximum atomic E-state index is 14.2. The summed E-state index contributed by atoms with van der Waals surface area (Å²) in [7, 11) is 0. The summed E-state index contributed by atoms with van der Waals surface area (Å²) in [5.74, 6) is 0.0335. The van der Waals surface area contributed by atoms with Gasteiger partial charge in [0.2, 0.25) is 0 Å². The predicted octanol–water partition coefficient (Wildman–Crippen LogP) is 2.71. The van der Waals surface area contributed by atoms with Crippen molar-refractivity contribution in [2.75, 3.05) is 12.3 Å². The van der Waals surface area contributed by atoms with Gasteiger partial charge in [-0.2, -0.15) is 0 Å². The molecule has 1 aliphatic heterocycles. The average molecular weight is 323 g/mol. The highest BCUT2D eigenvalue weighted by molar-refractivity contribution is 5.79. The Kier molecular flexibility index (Phi) is 4.49. The van der Waals surface area contributed by atoms with Gasteiger partial charge in [-0.15, -0.1) is 0 Å². The lowest BCUT2D eigenvalue weighted by atomic mass is 9.87. The molecule has 1 atom stereocenters. The molecule has 0 unspecified atom stereocenters. The molecule has 0 saturated heterocycles. The predicted molar refractivity (Wildman–Crippen MR) is 85.5 cm³/mol. The summed E-state index contributed by atoms with van der Waals surface area (Å²) in [6, 6.07) is 4.43. The summed E-state index contributed by atoms with van der Waals surface area (Å²) in [5.41, 5.74) is 10.1. The zero-order valence-corrected chi connectivity index (χ0v) is 13.6. The molecule has 0 aliphatic carbocycles. The number of nitrogens with two attached hydrogens (primary N) is 2. The Labute approximate surface area is 134 Å². The van der Waals surface area contributed by atoms with Crippen molar-refractivity contribution in [1.82, 2.24) is 0 Å². The SMILES string of the molecule is CC(C)(CC1=N[C@](C)(c2cc(N)ccc2F)CCO1)OC(N)=O. The lowest BCUT2D eigenvalue weighted by molar-refractivity contribution is 0.0450. The monoisotopic (exact) mass is 323 g/mol. The third kappa shape index (κ3) is 4.12. The van der Waals surface area contributed by atoms with E-state index in [2.05, 4.69) is 4.99 Å². The van der Waals surface area contributed by atoms with Crippen LogP contribution in [0.15, 0.2) is 23.2 Å². The quantitative estimate of drug-likeness (QED) is 0.832. The van der Waals surface area contributed by atoms with E-state index >= 15 is 0 Å². The molecule has 1 aromatic carbocycles. The Balaban J connectivity index is 2.30. The van der Waals surface area contributed by atoms with Crippen LogP contribution in [0.4, 0.5) is 14.9 Å². The number of carbonyl (C=O) groups excluding carboxylic acids is 1. The number of primary amides is 1. The van der Waals surface area contributed by atoms with E-state index in [9.17, 15) is 9.18 Å². The van der Waals surface area contributed by atoms with Gasteiger partial charge in [-0.1, -0.05) is 0 Å². The molecule has 1 heterocycles.